The Morgan fingerprint density at radius 2 is 1.00 bits per heavy atom. The van der Waals surface area contributed by atoms with Crippen molar-refractivity contribution < 1.29 is 216 Å². The van der Waals surface area contributed by atoms with Crippen LogP contribution in [-0.2, 0) is 9.68 Å². The molecule has 0 unspecified atom stereocenters. The van der Waals surface area contributed by atoms with E-state index >= 15 is 0 Å². The van der Waals surface area contributed by atoms with E-state index in [9.17, 15) is 44.2 Å². The van der Waals surface area contributed by atoms with Gasteiger partial charge in [0.25, 0.3) is 18.3 Å². The summed E-state index contributed by atoms with van der Waals surface area (Å²) in [5, 5.41) is 66.2. The van der Waals surface area contributed by atoms with Gasteiger partial charge in [-0.05, 0) is 178 Å². The Bertz CT molecular complexity index is 6040. The monoisotopic (exact) mass is 2190 g/mol. The molecule has 714 valence electrons. The van der Waals surface area contributed by atoms with Gasteiger partial charge in [-0.3, -0.25) is 44.7 Å². The zero-order valence-electron chi connectivity index (χ0n) is 78.0. The molecule has 0 aliphatic heterocycles. The number of anilines is 5. The number of alkyl halides is 2. The van der Waals surface area contributed by atoms with Crippen LogP contribution in [0.1, 0.15) is 106 Å². The van der Waals surface area contributed by atoms with Crippen molar-refractivity contribution in [3.63, 3.8) is 0 Å². The van der Waals surface area contributed by atoms with E-state index < -0.39 is 21.1 Å². The molecule has 0 atom stereocenters. The van der Waals surface area contributed by atoms with Gasteiger partial charge in [-0.15, -0.1) is 11.3 Å². The summed E-state index contributed by atoms with van der Waals surface area (Å²) in [5.41, 5.74) is 15.4. The van der Waals surface area contributed by atoms with Crippen molar-refractivity contribution in [1.82, 2.24) is 10.3 Å². The van der Waals surface area contributed by atoms with Gasteiger partial charge in [0, 0.05) is 44.7 Å². The number of nitro benzene ring substituents is 2. The molecule has 10 aromatic carbocycles. The van der Waals surface area contributed by atoms with Crippen molar-refractivity contribution in [2.45, 2.75) is 73.1 Å². The number of thiazole rings is 1. The van der Waals surface area contributed by atoms with Crippen molar-refractivity contribution >= 4 is 204 Å². The third kappa shape index (κ3) is 49.7. The minimum absolute atomic E-state index is 0. The Morgan fingerprint density at radius 1 is 0.587 bits per heavy atom. The summed E-state index contributed by atoms with van der Waals surface area (Å²) >= 11 is 33.9. The minimum atomic E-state index is -0.662. The Morgan fingerprint density at radius 3 is 1.45 bits per heavy atom. The molecule has 9 N–H and O–H groups in total. The van der Waals surface area contributed by atoms with Gasteiger partial charge in [0.2, 0.25) is 0 Å². The van der Waals surface area contributed by atoms with E-state index in [0.717, 1.165) is 84.2 Å². The molecule has 0 bridgehead atoms. The molecule has 13 rings (SSSR count). The molecule has 0 saturated heterocycles. The summed E-state index contributed by atoms with van der Waals surface area (Å²) in [4.78, 5) is 97.0. The number of nitrogens with one attached hydrogen (secondary N) is 4. The number of nitrogens with two attached hydrogens (primary N) is 2. The number of rotatable bonds is 28. The predicted octanol–water partition coefficient (Wildman–Crippen LogP) is 12.7. The van der Waals surface area contributed by atoms with E-state index in [-0.39, 0.29) is 196 Å². The fourth-order valence-electron chi connectivity index (χ4n) is 10.0. The Hall–Kier alpha value is -9.29. The van der Waals surface area contributed by atoms with Crippen molar-refractivity contribution in [2.75, 3.05) is 72.5 Å². The zero-order valence-corrected chi connectivity index (χ0v) is 93.2. The Kier molecular flexibility index (Phi) is 72.2. The summed E-state index contributed by atoms with van der Waals surface area (Å²) in [6.45, 7) is 16.8. The van der Waals surface area contributed by atoms with E-state index in [1.807, 2.05) is 146 Å². The number of fused-ring (bicyclic) bond motifs is 2. The number of carbonyl (C=O) groups is 4. The number of aromatic hydroxyl groups is 1. The maximum atomic E-state index is 12.4. The van der Waals surface area contributed by atoms with E-state index in [0.29, 0.717) is 104 Å². The van der Waals surface area contributed by atoms with Gasteiger partial charge in [0.1, 0.15) is 41.6 Å². The predicted molar refractivity (Wildman–Crippen MR) is 549 cm³/mol. The first-order valence-electron chi connectivity index (χ1n) is 40.8. The molecule has 13 aromatic rings. The number of benzene rings is 10. The summed E-state index contributed by atoms with van der Waals surface area (Å²) in [6, 6.07) is 73.5. The van der Waals surface area contributed by atoms with Crippen LogP contribution in [0.25, 0.3) is 33.2 Å². The number of ether oxygens (including phenoxy) is 5. The second kappa shape index (κ2) is 77.5. The first-order chi connectivity index (χ1) is 65.2. The number of amides is 2. The number of Topliss-reactive ketones (excluding diaryl/α,β-unsaturated/α-hetero) is 1. The number of aromatic nitrogens is 1. The smallest absolute Gasteiger partial charge is 1.00 e. The number of nitro groups is 2. The summed E-state index contributed by atoms with van der Waals surface area (Å²) in [6.07, 6.45) is 5.66. The van der Waals surface area contributed by atoms with Crippen LogP contribution < -0.4 is 210 Å². The zero-order chi connectivity index (χ0) is 99.7. The molecular formula is C96H100Br2Cl2K2N10NaO21S4+. The first kappa shape index (κ1) is 129. The first-order valence-corrected chi connectivity index (χ1v) is 45.9. The molecule has 0 aliphatic rings. The van der Waals surface area contributed by atoms with Gasteiger partial charge in [-0.2, -0.15) is 12.1 Å². The topological polar surface area (TPSA) is 462 Å². The number of nitrogen functional groups attached to an aromatic ring is 1. The molecule has 0 fully saturated rings. The van der Waals surface area contributed by atoms with Crippen LogP contribution in [0, 0.1) is 27.2 Å². The SMILES string of the molecule is CCCBr.CCCOc1ccccc1NC(=S)NC(=O)c1ccccc1.CCCOc1ccccc1NC(N)=S.CCCOc1ccccc1Nc1nc(-c2cc3cccc(Cl)c3oc2=O)cs1.CCCOc1ccccc1[N+](=O)[O-].C[O-].O=C(CBr)c1cc2cccc(Cl)c2oc1=O.O=C(N=C=S)c1ccccc1.O=CO[O-].O=[N+]([O-])c1ccccc1O.[CH2+]CCOc1ccccc1N.[H-].[K+].[K+].[Na+]. The van der Waals surface area contributed by atoms with Crippen LogP contribution >= 0.6 is 103 Å². The number of para-hydroxylation sites is 14. The number of thiocarbonyl (C=S) groups is 3. The third-order valence-corrected chi connectivity index (χ3v) is 19.1. The van der Waals surface area contributed by atoms with Crippen molar-refractivity contribution in [3.05, 3.63) is 335 Å². The number of hydrogen-bond donors (Lipinski definition) is 7. The molecule has 42 heteroatoms. The average Bonchev–Trinajstić information content (AvgIpc) is 1.51. The average molecular weight is 2190 g/mol. The molecule has 138 heavy (non-hydrogen) atoms. The fraction of sp³-hybridized carbons (Fsp3) is 0.198. The van der Waals surface area contributed by atoms with Gasteiger partial charge in [-0.1, -0.05) is 223 Å². The number of phenols is 1. The van der Waals surface area contributed by atoms with Gasteiger partial charge in [0.05, 0.1) is 97.7 Å². The number of hydrogen-bond acceptors (Lipinski definition) is 28. The van der Waals surface area contributed by atoms with Crippen molar-refractivity contribution in [2.24, 2.45) is 10.7 Å². The van der Waals surface area contributed by atoms with Gasteiger partial charge < -0.3 is 81.7 Å². The number of aliphatic imine (C=N–C) groups is 1. The maximum absolute atomic E-state index is 12.4. The minimum Gasteiger partial charge on any atom is -1.00 e. The Labute approximate surface area is 954 Å². The Balaban J connectivity index is 0. The van der Waals surface area contributed by atoms with Crippen LogP contribution in [0.4, 0.5) is 39.3 Å². The summed E-state index contributed by atoms with van der Waals surface area (Å²) < 4.78 is 37.8. The maximum Gasteiger partial charge on any atom is 1.00 e. The number of phenolic OH excluding ortho intramolecular Hbond substituents is 1. The molecule has 0 aliphatic carbocycles. The van der Waals surface area contributed by atoms with Crippen LogP contribution in [-0.4, -0.2) is 110 Å². The van der Waals surface area contributed by atoms with Crippen LogP contribution in [0.3, 0.4) is 0 Å². The number of halogens is 4. The van der Waals surface area contributed by atoms with Gasteiger partial charge in [0.15, 0.2) is 43.8 Å². The van der Waals surface area contributed by atoms with Crippen LogP contribution in [0.5, 0.6) is 34.5 Å². The number of carbonyl (C=O) groups excluding carboxylic acids is 4. The molecule has 0 spiro atoms. The largest absolute Gasteiger partial charge is 1.00 e. The summed E-state index contributed by atoms with van der Waals surface area (Å²) in [7, 11) is 0.750. The quantitative estimate of drug-likeness (QED) is 0.00195. The van der Waals surface area contributed by atoms with Gasteiger partial charge in [-0.25, -0.2) is 14.6 Å². The second-order valence-corrected chi connectivity index (χ2v) is 30.1. The molecule has 3 aromatic heterocycles. The number of isothiocyanates is 1. The van der Waals surface area contributed by atoms with E-state index in [1.165, 1.54) is 54.2 Å². The molecule has 31 nitrogen and oxygen atoms in total. The fourth-order valence-corrected chi connectivity index (χ4v) is 11.9. The molecule has 0 saturated carbocycles. The van der Waals surface area contributed by atoms with Gasteiger partial charge >= 0.3 is 155 Å². The molecule has 0 radical (unpaired) electrons. The van der Waals surface area contributed by atoms with Crippen LogP contribution in [0.15, 0.2) is 284 Å². The van der Waals surface area contributed by atoms with E-state index in [2.05, 4.69) is 108 Å². The molecular weight excluding hydrogens is 2090 g/mol. The standard InChI is InChI=1S/C21H17ClN2O3S.C17H18N2O2S.C11H6BrClO3.C10H14N2OS.C9H11NO3.C9H12NO.C8H5NOS.C6H5NO3.C3H7Br.CH2O3.CH3O.2K.Na.H/c1-2-10-26-18-9-4-3-8-16(18)23-21-24-17(12-28-21)14-11-13-6-5-7-15(22)19(13)27-20(14)25;1-2-12-21-15-11-7-6-10-14(15)18-17(22)19-16(20)13-8-4-3-5-9-13;12-5-9(14)7-4-6-2-1-3-8(13)10(6)16-11(7)15;1-2-7-13-9-6-4-3-5-8(9)12-10(11)14;1-2-7-13-9-6-4-3-5-8(9)10(11)12;1-2-7-11-9-6-4-3-5-8(9)10;10-8(9-6-11)7-4-2-1-3-5-7;8-6-4-2-1-3-5(6)7(9)10;1-2-3-4;2-1-4-3;1-2;;;;/h3-9,11-12H,2,10H2,1H3,(H,23,24);3-11H,2,12H2,1H3,(H2,18,19,20,22);1-4H,5H2;3-6H,2,7H2,1H3,(H3,11,12,14);3-6H,2,7H2,1H3;3-6H,1-2,7,10H2;1-5H;1-4,8H;2-3H2,1H3;1,3H;1H3;;;;/q;;;;;+1;;;;;-1;3*+1;-1/p-1. The van der Waals surface area contributed by atoms with Crippen molar-refractivity contribution in [1.29, 1.82) is 0 Å². The van der Waals surface area contributed by atoms with E-state index in [4.69, 9.17) is 112 Å². The molecule has 3 heterocycles. The third-order valence-electron chi connectivity index (χ3n) is 16.0. The van der Waals surface area contributed by atoms with E-state index in [1.54, 1.807) is 97.1 Å². The van der Waals surface area contributed by atoms with Crippen molar-refractivity contribution in [3.8, 4) is 45.8 Å². The normalized spacial score (nSPS) is 9.39. The van der Waals surface area contributed by atoms with Crippen LogP contribution in [0.2, 0.25) is 10.0 Å². The number of nitrogens with zero attached hydrogens (tertiary/aromatic N) is 4. The summed E-state index contributed by atoms with van der Waals surface area (Å²) in [5.74, 6) is 2.14. The molecule has 2 amide bonds. The second-order valence-electron chi connectivity index (χ2n) is 26.0. The number of ketones is 1.